The average molecular weight is 571 g/mol. The molecule has 0 atom stereocenters. The number of aromatic nitrogens is 1. The van der Waals surface area contributed by atoms with Crippen molar-refractivity contribution in [2.45, 2.75) is 45.1 Å². The number of hydrogen-bond acceptors (Lipinski definition) is 7. The summed E-state index contributed by atoms with van der Waals surface area (Å²) in [5.41, 5.74) is 9.02. The van der Waals surface area contributed by atoms with Gasteiger partial charge in [-0.3, -0.25) is 15.1 Å². The number of amides is 3. The number of hydrogen-bond donors (Lipinski definition) is 3. The molecule has 0 bridgehead atoms. The van der Waals surface area contributed by atoms with Crippen LogP contribution in [0, 0.1) is 0 Å². The van der Waals surface area contributed by atoms with Crippen LogP contribution in [0.3, 0.4) is 0 Å². The molecule has 2 aliphatic heterocycles. The van der Waals surface area contributed by atoms with Crippen LogP contribution in [-0.2, 0) is 16.0 Å². The molecule has 10 heteroatoms. The molecule has 1 aromatic heterocycles. The van der Waals surface area contributed by atoms with E-state index >= 15 is 0 Å². The van der Waals surface area contributed by atoms with Gasteiger partial charge in [0.25, 0.3) is 5.91 Å². The first-order valence-electron chi connectivity index (χ1n) is 14.5. The van der Waals surface area contributed by atoms with E-state index in [1.165, 1.54) is 19.1 Å². The van der Waals surface area contributed by atoms with Gasteiger partial charge in [-0.05, 0) is 87.5 Å². The Kier molecular flexibility index (Phi) is 9.90. The number of para-hydroxylation sites is 2. The van der Waals surface area contributed by atoms with Crippen LogP contribution in [-0.4, -0.2) is 52.9 Å². The highest BCUT2D eigenvalue weighted by Crippen LogP contribution is 2.25. The molecule has 0 spiro atoms. The molecular formula is C32H38N6O4. The number of benzene rings is 1. The van der Waals surface area contributed by atoms with Crippen molar-refractivity contribution in [3.8, 4) is 0 Å². The molecular weight excluding hydrogens is 532 g/mol. The summed E-state index contributed by atoms with van der Waals surface area (Å²) in [6.45, 7) is 4.22. The fraction of sp³-hybridized carbons (Fsp3) is 0.344. The summed E-state index contributed by atoms with van der Waals surface area (Å²) in [4.78, 5) is 34.7. The number of carbonyl (C=O) groups excluding carboxylic acids is 2. The number of pyridine rings is 1. The zero-order valence-electron chi connectivity index (χ0n) is 23.8. The van der Waals surface area contributed by atoms with Crippen molar-refractivity contribution in [3.63, 3.8) is 0 Å². The predicted molar refractivity (Wildman–Crippen MR) is 162 cm³/mol. The second kappa shape index (κ2) is 14.4. The van der Waals surface area contributed by atoms with Crippen LogP contribution in [0.2, 0.25) is 0 Å². The van der Waals surface area contributed by atoms with E-state index in [4.69, 9.17) is 15.2 Å². The summed E-state index contributed by atoms with van der Waals surface area (Å²) in [7, 11) is 0. The van der Waals surface area contributed by atoms with Crippen LogP contribution in [0.1, 0.15) is 54.6 Å². The molecule has 0 saturated carbocycles. The Morgan fingerprint density at radius 1 is 1.05 bits per heavy atom. The number of unbranched alkanes of at least 4 members (excludes halogenated alkanes) is 1. The molecule has 1 aromatic carbocycles. The SMILES string of the molecule is Nc1ccccc1NC(=O)c1ccc(CN(CCCCN2CCCC2)C(=O)NC2=COC=C(C3=CC=CCC3)O2)cn1. The van der Waals surface area contributed by atoms with Gasteiger partial charge in [-0.1, -0.05) is 36.4 Å². The number of urea groups is 1. The molecule has 4 N–H and O–H groups in total. The van der Waals surface area contributed by atoms with Gasteiger partial charge < -0.3 is 30.3 Å². The molecule has 220 valence electrons. The molecule has 42 heavy (non-hydrogen) atoms. The van der Waals surface area contributed by atoms with E-state index in [9.17, 15) is 9.59 Å². The molecule has 1 saturated heterocycles. The third-order valence-electron chi connectivity index (χ3n) is 7.41. The summed E-state index contributed by atoms with van der Waals surface area (Å²) in [5, 5.41) is 5.65. The third kappa shape index (κ3) is 8.01. The molecule has 10 nitrogen and oxygen atoms in total. The fourth-order valence-electron chi connectivity index (χ4n) is 5.08. The topological polar surface area (TPSA) is 122 Å². The number of rotatable bonds is 11. The molecule has 1 fully saturated rings. The van der Waals surface area contributed by atoms with E-state index in [-0.39, 0.29) is 23.5 Å². The van der Waals surface area contributed by atoms with Crippen LogP contribution < -0.4 is 16.4 Å². The van der Waals surface area contributed by atoms with E-state index in [2.05, 4.69) is 26.6 Å². The van der Waals surface area contributed by atoms with E-state index in [0.717, 1.165) is 56.5 Å². The lowest BCUT2D eigenvalue weighted by molar-refractivity contribution is 0.102. The van der Waals surface area contributed by atoms with E-state index in [1.807, 2.05) is 18.2 Å². The Labute approximate surface area is 246 Å². The molecule has 3 aliphatic rings. The van der Waals surface area contributed by atoms with Gasteiger partial charge in [0.2, 0.25) is 5.88 Å². The van der Waals surface area contributed by atoms with Crippen LogP contribution in [0.25, 0.3) is 0 Å². The summed E-state index contributed by atoms with van der Waals surface area (Å²) in [6, 6.07) is 10.2. The summed E-state index contributed by atoms with van der Waals surface area (Å²) in [5.74, 6) is 0.467. The van der Waals surface area contributed by atoms with Gasteiger partial charge >= 0.3 is 6.03 Å². The van der Waals surface area contributed by atoms with Crippen molar-refractivity contribution in [1.82, 2.24) is 20.1 Å². The number of nitrogen functional groups attached to an aromatic ring is 1. The first kappa shape index (κ1) is 28.9. The molecule has 0 unspecified atom stereocenters. The summed E-state index contributed by atoms with van der Waals surface area (Å²) < 4.78 is 11.4. The lowest BCUT2D eigenvalue weighted by atomic mass is 10.0. The smallest absolute Gasteiger partial charge is 0.324 e. The Morgan fingerprint density at radius 3 is 2.67 bits per heavy atom. The maximum absolute atomic E-state index is 13.4. The molecule has 2 aromatic rings. The molecule has 3 amide bonds. The van der Waals surface area contributed by atoms with Crippen molar-refractivity contribution in [1.29, 1.82) is 0 Å². The van der Waals surface area contributed by atoms with Crippen molar-refractivity contribution in [3.05, 3.63) is 102 Å². The van der Waals surface area contributed by atoms with Gasteiger partial charge in [0.15, 0.2) is 12.0 Å². The number of carbonyl (C=O) groups is 2. The van der Waals surface area contributed by atoms with Crippen molar-refractivity contribution in [2.24, 2.45) is 0 Å². The third-order valence-corrected chi connectivity index (χ3v) is 7.41. The van der Waals surface area contributed by atoms with E-state index < -0.39 is 0 Å². The van der Waals surface area contributed by atoms with Gasteiger partial charge in [0.05, 0.1) is 11.4 Å². The van der Waals surface area contributed by atoms with Gasteiger partial charge in [0.1, 0.15) is 12.0 Å². The summed E-state index contributed by atoms with van der Waals surface area (Å²) in [6.07, 6.45) is 16.8. The fourth-order valence-corrected chi connectivity index (χ4v) is 5.08. The Bertz CT molecular complexity index is 1380. The van der Waals surface area contributed by atoms with Crippen LogP contribution in [0.5, 0.6) is 0 Å². The van der Waals surface area contributed by atoms with Crippen molar-refractivity contribution >= 4 is 23.3 Å². The number of anilines is 2. The van der Waals surface area contributed by atoms with Gasteiger partial charge in [-0.2, -0.15) is 0 Å². The van der Waals surface area contributed by atoms with Gasteiger partial charge in [-0.25, -0.2) is 4.79 Å². The maximum Gasteiger partial charge on any atom is 0.324 e. The summed E-state index contributed by atoms with van der Waals surface area (Å²) >= 11 is 0. The zero-order chi connectivity index (χ0) is 29.1. The highest BCUT2D eigenvalue weighted by atomic mass is 16.6. The quantitative estimate of drug-likeness (QED) is 0.249. The minimum absolute atomic E-state index is 0.236. The molecule has 5 rings (SSSR count). The number of allylic oxidation sites excluding steroid dienone is 4. The van der Waals surface area contributed by atoms with E-state index in [0.29, 0.717) is 30.2 Å². The average Bonchev–Trinajstić information content (AvgIpc) is 3.54. The number of nitrogens with zero attached hydrogens (tertiary/aromatic N) is 3. The lowest BCUT2D eigenvalue weighted by Gasteiger charge is -2.26. The minimum atomic E-state index is -0.357. The molecule has 3 heterocycles. The molecule has 0 radical (unpaired) electrons. The monoisotopic (exact) mass is 570 g/mol. The maximum atomic E-state index is 13.4. The Balaban J connectivity index is 1.20. The Morgan fingerprint density at radius 2 is 1.90 bits per heavy atom. The number of nitrogens with one attached hydrogen (secondary N) is 2. The highest BCUT2D eigenvalue weighted by molar-refractivity contribution is 6.04. The van der Waals surface area contributed by atoms with Gasteiger partial charge in [0, 0.05) is 19.3 Å². The second-order valence-corrected chi connectivity index (χ2v) is 10.6. The number of nitrogens with two attached hydrogens (primary N) is 1. The van der Waals surface area contributed by atoms with E-state index in [1.54, 1.807) is 47.7 Å². The zero-order valence-corrected chi connectivity index (χ0v) is 23.8. The van der Waals surface area contributed by atoms with Crippen LogP contribution in [0.15, 0.2) is 90.6 Å². The van der Waals surface area contributed by atoms with Crippen molar-refractivity contribution < 1.29 is 19.1 Å². The normalized spacial score (nSPS) is 16.4. The van der Waals surface area contributed by atoms with Crippen LogP contribution in [0.4, 0.5) is 16.2 Å². The lowest BCUT2D eigenvalue weighted by Crippen LogP contribution is -2.40. The number of ether oxygens (including phenoxy) is 2. The van der Waals surface area contributed by atoms with Crippen molar-refractivity contribution in [2.75, 3.05) is 37.2 Å². The predicted octanol–water partition coefficient (Wildman–Crippen LogP) is 5.27. The highest BCUT2D eigenvalue weighted by Gasteiger charge is 2.21. The first-order chi connectivity index (χ1) is 20.5. The Hall–Kier alpha value is -4.57. The minimum Gasteiger partial charge on any atom is -0.463 e. The second-order valence-electron chi connectivity index (χ2n) is 10.6. The standard InChI is InChI=1S/C32H38N6O4/c33-26-12-4-5-13-27(26)35-31(39)28-15-14-24(20-34-28)21-38(19-9-8-18-37-16-6-7-17-37)32(40)36-30-23-41-22-29(42-30)25-10-2-1-3-11-25/h1-2,4-5,10,12-15,20,22-23H,3,6-9,11,16-19,21,33H2,(H,35,39)(H,36,40). The first-order valence-corrected chi connectivity index (χ1v) is 14.5. The van der Waals surface area contributed by atoms with Gasteiger partial charge in [-0.15, -0.1) is 0 Å². The molecule has 1 aliphatic carbocycles. The number of likely N-dealkylation sites (tertiary alicyclic amines) is 1. The van der Waals surface area contributed by atoms with Crippen LogP contribution >= 0.6 is 0 Å². The largest absolute Gasteiger partial charge is 0.463 e.